The molecule has 2 aliphatic heterocycles. The summed E-state index contributed by atoms with van der Waals surface area (Å²) < 4.78 is 5.45. The lowest BCUT2D eigenvalue weighted by molar-refractivity contribution is -0.120. The summed E-state index contributed by atoms with van der Waals surface area (Å²) in [5.74, 6) is -0.180. The predicted octanol–water partition coefficient (Wildman–Crippen LogP) is 4.43. The van der Waals surface area contributed by atoms with Crippen molar-refractivity contribution >= 4 is 28.8 Å². The molecule has 0 saturated heterocycles. The number of methoxy groups -OCH3 is 1. The van der Waals surface area contributed by atoms with Gasteiger partial charge in [-0.2, -0.15) is 0 Å². The molecular formula is C26H22N2O3. The van der Waals surface area contributed by atoms with Crippen LogP contribution in [0.5, 0.6) is 5.75 Å². The van der Waals surface area contributed by atoms with E-state index in [1.54, 1.807) is 18.2 Å². The van der Waals surface area contributed by atoms with E-state index in [1.165, 1.54) is 17.6 Å². The van der Waals surface area contributed by atoms with E-state index in [4.69, 9.17) is 4.74 Å². The Hall–Kier alpha value is -3.86. The zero-order valence-electron chi connectivity index (χ0n) is 17.2. The van der Waals surface area contributed by atoms with Crippen LogP contribution in [-0.4, -0.2) is 25.5 Å². The molecule has 3 aromatic carbocycles. The second-order valence-corrected chi connectivity index (χ2v) is 7.59. The zero-order valence-corrected chi connectivity index (χ0v) is 17.2. The van der Waals surface area contributed by atoms with Gasteiger partial charge < -0.3 is 9.64 Å². The fourth-order valence-electron chi connectivity index (χ4n) is 4.43. The highest BCUT2D eigenvalue weighted by molar-refractivity contribution is 6.46. The molecule has 2 heterocycles. The number of hydrogen-bond donors (Lipinski definition) is 0. The van der Waals surface area contributed by atoms with E-state index in [9.17, 15) is 9.59 Å². The number of carbonyl (C=O) groups is 2. The molecule has 0 aliphatic carbocycles. The average Bonchev–Trinajstić information content (AvgIpc) is 3.08. The van der Waals surface area contributed by atoms with Gasteiger partial charge in [0, 0.05) is 12.2 Å². The summed E-state index contributed by atoms with van der Waals surface area (Å²) in [4.78, 5) is 30.8. The number of amides is 2. The highest BCUT2D eigenvalue weighted by Crippen LogP contribution is 2.41. The van der Waals surface area contributed by atoms with Crippen molar-refractivity contribution in [1.29, 1.82) is 0 Å². The molecule has 3 aromatic rings. The van der Waals surface area contributed by atoms with Crippen LogP contribution in [0.25, 0.3) is 5.57 Å². The number of imide groups is 1. The molecule has 31 heavy (non-hydrogen) atoms. The number of nitrogens with zero attached hydrogens (tertiary/aromatic N) is 2. The molecular weight excluding hydrogens is 388 g/mol. The molecule has 0 bridgehead atoms. The number of para-hydroxylation sites is 3. The minimum absolute atomic E-state index is 0.329. The van der Waals surface area contributed by atoms with E-state index >= 15 is 0 Å². The van der Waals surface area contributed by atoms with Crippen LogP contribution >= 0.6 is 0 Å². The SMILES string of the molecule is COc1ccccc1N1C(=O)C(c2ccccc2)=C(N2CCCc3ccccc32)C1=O. The van der Waals surface area contributed by atoms with Crippen molar-refractivity contribution in [1.82, 2.24) is 0 Å². The molecule has 0 N–H and O–H groups in total. The smallest absolute Gasteiger partial charge is 0.282 e. The topological polar surface area (TPSA) is 49.9 Å². The van der Waals surface area contributed by atoms with Crippen LogP contribution in [0.3, 0.4) is 0 Å². The molecule has 0 spiro atoms. The number of aryl methyl sites for hydroxylation is 1. The van der Waals surface area contributed by atoms with Crippen molar-refractivity contribution in [2.75, 3.05) is 23.5 Å². The molecule has 2 aliphatic rings. The summed E-state index contributed by atoms with van der Waals surface area (Å²) in [5, 5.41) is 0. The van der Waals surface area contributed by atoms with Gasteiger partial charge in [-0.1, -0.05) is 60.7 Å². The lowest BCUT2D eigenvalue weighted by Gasteiger charge is -2.32. The normalized spacial score (nSPS) is 16.0. The van der Waals surface area contributed by atoms with E-state index in [0.29, 0.717) is 29.3 Å². The van der Waals surface area contributed by atoms with Crippen LogP contribution in [-0.2, 0) is 16.0 Å². The van der Waals surface area contributed by atoms with Gasteiger partial charge in [0.25, 0.3) is 11.8 Å². The molecule has 5 nitrogen and oxygen atoms in total. The van der Waals surface area contributed by atoms with Crippen LogP contribution in [0.15, 0.2) is 84.6 Å². The van der Waals surface area contributed by atoms with Crippen molar-refractivity contribution in [3.05, 3.63) is 95.7 Å². The van der Waals surface area contributed by atoms with E-state index < -0.39 is 0 Å². The molecule has 5 rings (SSSR count). The van der Waals surface area contributed by atoms with Gasteiger partial charge in [0.15, 0.2) is 0 Å². The van der Waals surface area contributed by atoms with Gasteiger partial charge in [-0.3, -0.25) is 9.59 Å². The summed E-state index contributed by atoms with van der Waals surface area (Å²) in [6.45, 7) is 0.682. The Balaban J connectivity index is 1.71. The summed E-state index contributed by atoms with van der Waals surface area (Å²) in [7, 11) is 1.54. The highest BCUT2D eigenvalue weighted by Gasteiger charge is 2.44. The summed E-state index contributed by atoms with van der Waals surface area (Å²) >= 11 is 0. The van der Waals surface area contributed by atoms with Gasteiger partial charge in [-0.05, 0) is 42.2 Å². The Morgan fingerprint density at radius 2 is 1.45 bits per heavy atom. The maximum Gasteiger partial charge on any atom is 0.282 e. The fourth-order valence-corrected chi connectivity index (χ4v) is 4.43. The molecule has 2 amide bonds. The zero-order chi connectivity index (χ0) is 21.4. The molecule has 0 unspecified atom stereocenters. The van der Waals surface area contributed by atoms with Gasteiger partial charge in [0.2, 0.25) is 0 Å². The van der Waals surface area contributed by atoms with Crippen LogP contribution < -0.4 is 14.5 Å². The predicted molar refractivity (Wildman–Crippen MR) is 121 cm³/mol. The number of rotatable bonds is 4. The first kappa shape index (κ1) is 19.1. The molecule has 0 radical (unpaired) electrons. The number of benzene rings is 3. The Bertz CT molecular complexity index is 1200. The maximum atomic E-state index is 13.8. The lowest BCUT2D eigenvalue weighted by atomic mass is 9.98. The van der Waals surface area contributed by atoms with Crippen molar-refractivity contribution in [3.8, 4) is 5.75 Å². The third-order valence-electron chi connectivity index (χ3n) is 5.83. The van der Waals surface area contributed by atoms with E-state index in [-0.39, 0.29) is 11.8 Å². The summed E-state index contributed by atoms with van der Waals surface area (Å²) in [5.41, 5.74) is 4.21. The Labute approximate surface area is 181 Å². The Kier molecular flexibility index (Phi) is 4.79. The molecule has 0 saturated carbocycles. The minimum Gasteiger partial charge on any atom is -0.495 e. The highest BCUT2D eigenvalue weighted by atomic mass is 16.5. The minimum atomic E-state index is -0.334. The maximum absolute atomic E-state index is 13.8. The number of fused-ring (bicyclic) bond motifs is 1. The van der Waals surface area contributed by atoms with Crippen LogP contribution in [0.2, 0.25) is 0 Å². The van der Waals surface area contributed by atoms with Crippen molar-refractivity contribution in [2.45, 2.75) is 12.8 Å². The standard InChI is InChI=1S/C26H22N2O3/c1-31-22-16-8-7-15-21(22)28-25(29)23(19-11-3-2-4-12-19)24(26(28)30)27-17-9-13-18-10-5-6-14-20(18)27/h2-8,10-12,14-16H,9,13,17H2,1H3. The van der Waals surface area contributed by atoms with Crippen LogP contribution in [0.4, 0.5) is 11.4 Å². The average molecular weight is 410 g/mol. The van der Waals surface area contributed by atoms with Gasteiger partial charge in [0.05, 0.1) is 18.4 Å². The van der Waals surface area contributed by atoms with E-state index in [0.717, 1.165) is 24.1 Å². The second-order valence-electron chi connectivity index (χ2n) is 7.59. The quantitative estimate of drug-likeness (QED) is 0.597. The Morgan fingerprint density at radius 3 is 2.23 bits per heavy atom. The van der Waals surface area contributed by atoms with Gasteiger partial charge >= 0.3 is 0 Å². The van der Waals surface area contributed by atoms with Crippen LogP contribution in [0, 0.1) is 0 Å². The number of hydrogen-bond acceptors (Lipinski definition) is 4. The van der Waals surface area contributed by atoms with Gasteiger partial charge in [-0.25, -0.2) is 4.90 Å². The largest absolute Gasteiger partial charge is 0.495 e. The first-order chi connectivity index (χ1) is 15.2. The van der Waals surface area contributed by atoms with Crippen LogP contribution in [0.1, 0.15) is 17.5 Å². The third kappa shape index (κ3) is 3.10. The Morgan fingerprint density at radius 1 is 0.774 bits per heavy atom. The molecule has 5 heteroatoms. The first-order valence-corrected chi connectivity index (χ1v) is 10.4. The third-order valence-corrected chi connectivity index (χ3v) is 5.83. The van der Waals surface area contributed by atoms with Gasteiger partial charge in [0.1, 0.15) is 11.4 Å². The van der Waals surface area contributed by atoms with E-state index in [1.807, 2.05) is 59.5 Å². The van der Waals surface area contributed by atoms with E-state index in [2.05, 4.69) is 6.07 Å². The van der Waals surface area contributed by atoms with Crippen molar-refractivity contribution in [2.24, 2.45) is 0 Å². The monoisotopic (exact) mass is 410 g/mol. The number of carbonyl (C=O) groups excluding carboxylic acids is 2. The molecule has 0 fully saturated rings. The summed E-state index contributed by atoms with van der Waals surface area (Å²) in [6, 6.07) is 24.6. The fraction of sp³-hybridized carbons (Fsp3) is 0.154. The lowest BCUT2D eigenvalue weighted by Crippen LogP contribution is -2.37. The van der Waals surface area contributed by atoms with Crippen molar-refractivity contribution in [3.63, 3.8) is 0 Å². The van der Waals surface area contributed by atoms with Crippen molar-refractivity contribution < 1.29 is 14.3 Å². The van der Waals surface area contributed by atoms with Gasteiger partial charge in [-0.15, -0.1) is 0 Å². The second kappa shape index (κ2) is 7.76. The molecule has 154 valence electrons. The number of ether oxygens (including phenoxy) is 1. The summed E-state index contributed by atoms with van der Waals surface area (Å²) in [6.07, 6.45) is 1.87. The molecule has 0 atom stereocenters. The first-order valence-electron chi connectivity index (χ1n) is 10.4. The molecule has 0 aromatic heterocycles. The number of anilines is 2.